The number of hydrogen-bond acceptors (Lipinski definition) is 5. The fourth-order valence-corrected chi connectivity index (χ4v) is 4.88. The number of thiazole rings is 1. The maximum absolute atomic E-state index is 6.28. The normalized spacial score (nSPS) is 14.4. The lowest BCUT2D eigenvalue weighted by atomic mass is 10.2. The molecule has 25 heavy (non-hydrogen) atoms. The van der Waals surface area contributed by atoms with Gasteiger partial charge in [0.05, 0.1) is 10.7 Å². The molecule has 0 atom stereocenters. The van der Waals surface area contributed by atoms with Gasteiger partial charge in [-0.1, -0.05) is 55.4 Å². The van der Waals surface area contributed by atoms with Gasteiger partial charge in [0, 0.05) is 28.7 Å². The Hall–Kier alpha value is -1.37. The highest BCUT2D eigenvalue weighted by atomic mass is 35.5. The van der Waals surface area contributed by atoms with Gasteiger partial charge in [0.1, 0.15) is 10.8 Å². The van der Waals surface area contributed by atoms with Gasteiger partial charge in [0.2, 0.25) is 0 Å². The Labute approximate surface area is 160 Å². The molecule has 0 unspecified atom stereocenters. The molecule has 0 spiro atoms. The van der Waals surface area contributed by atoms with E-state index in [2.05, 4.69) is 34.0 Å². The highest BCUT2D eigenvalue weighted by Crippen LogP contribution is 2.40. The van der Waals surface area contributed by atoms with Crippen LogP contribution in [0.1, 0.15) is 50.2 Å². The monoisotopic (exact) mass is 390 g/mol. The first kappa shape index (κ1) is 17.1. The van der Waals surface area contributed by atoms with E-state index >= 15 is 0 Å². The molecule has 1 fully saturated rings. The topological polar surface area (TPSA) is 43.6 Å². The Morgan fingerprint density at radius 3 is 2.80 bits per heavy atom. The zero-order chi connectivity index (χ0) is 17.4. The van der Waals surface area contributed by atoms with Gasteiger partial charge < -0.3 is 4.57 Å². The molecule has 7 heteroatoms. The van der Waals surface area contributed by atoms with E-state index in [9.17, 15) is 0 Å². The lowest BCUT2D eigenvalue weighted by Gasteiger charge is -2.10. The third-order valence-corrected chi connectivity index (χ3v) is 6.36. The van der Waals surface area contributed by atoms with Gasteiger partial charge in [-0.05, 0) is 18.9 Å². The highest BCUT2D eigenvalue weighted by Gasteiger charge is 2.30. The summed E-state index contributed by atoms with van der Waals surface area (Å²) in [5.74, 6) is 2.29. The predicted molar refractivity (Wildman–Crippen MR) is 105 cm³/mol. The third-order valence-electron chi connectivity index (χ3n) is 4.12. The molecular weight excluding hydrogens is 372 g/mol. The summed E-state index contributed by atoms with van der Waals surface area (Å²) in [7, 11) is 0. The Morgan fingerprint density at radius 2 is 2.08 bits per heavy atom. The van der Waals surface area contributed by atoms with E-state index in [0.29, 0.717) is 12.0 Å². The van der Waals surface area contributed by atoms with Crippen LogP contribution in [0.2, 0.25) is 5.02 Å². The highest BCUT2D eigenvalue weighted by molar-refractivity contribution is 7.98. The molecular formula is C18H19ClN4S2. The number of nitrogens with zero attached hydrogens (tertiary/aromatic N) is 4. The molecule has 2 heterocycles. The summed E-state index contributed by atoms with van der Waals surface area (Å²) in [6, 6.07) is 8.43. The van der Waals surface area contributed by atoms with Gasteiger partial charge in [0.15, 0.2) is 5.16 Å². The van der Waals surface area contributed by atoms with Crippen molar-refractivity contribution in [1.29, 1.82) is 0 Å². The molecule has 3 aromatic rings. The number of rotatable bonds is 6. The van der Waals surface area contributed by atoms with Crippen LogP contribution in [0.25, 0.3) is 10.6 Å². The first-order chi connectivity index (χ1) is 12.1. The number of halogens is 1. The second-order valence-electron chi connectivity index (χ2n) is 6.51. The molecule has 0 radical (unpaired) electrons. The summed E-state index contributed by atoms with van der Waals surface area (Å²) in [5.41, 5.74) is 2.05. The van der Waals surface area contributed by atoms with Crippen molar-refractivity contribution in [3.05, 3.63) is 46.2 Å². The third kappa shape index (κ3) is 3.61. The number of hydrogen-bond donors (Lipinski definition) is 0. The maximum atomic E-state index is 6.28. The molecule has 1 aliphatic carbocycles. The largest absolute Gasteiger partial charge is 0.303 e. The standard InChI is InChI=1S/C18H19ClN4S2/c1-11(2)16-21-22-18(23(16)13-7-8-13)25-10-12-9-24-17(20-12)14-5-3-4-6-15(14)19/h3-6,9,11,13H,7-8,10H2,1-2H3. The van der Waals surface area contributed by atoms with Crippen molar-refractivity contribution in [2.75, 3.05) is 0 Å². The average Bonchev–Trinajstić information content (AvgIpc) is 3.17. The van der Waals surface area contributed by atoms with Gasteiger partial charge in [-0.15, -0.1) is 21.5 Å². The van der Waals surface area contributed by atoms with E-state index in [1.165, 1.54) is 12.8 Å². The molecule has 0 bridgehead atoms. The molecule has 4 rings (SSSR count). The fourth-order valence-electron chi connectivity index (χ4n) is 2.73. The van der Waals surface area contributed by atoms with Crippen LogP contribution >= 0.6 is 34.7 Å². The van der Waals surface area contributed by atoms with E-state index in [1.807, 2.05) is 24.3 Å². The summed E-state index contributed by atoms with van der Waals surface area (Å²) >= 11 is 9.63. The number of aromatic nitrogens is 4. The summed E-state index contributed by atoms with van der Waals surface area (Å²) < 4.78 is 2.33. The first-order valence-corrected chi connectivity index (χ1v) is 10.6. The van der Waals surface area contributed by atoms with Crippen molar-refractivity contribution in [2.24, 2.45) is 0 Å². The SMILES string of the molecule is CC(C)c1nnc(SCc2csc(-c3ccccc3Cl)n2)n1C1CC1. The second-order valence-corrected chi connectivity index (χ2v) is 8.72. The Bertz CT molecular complexity index is 883. The molecule has 0 amide bonds. The predicted octanol–water partition coefficient (Wildman–Crippen LogP) is 5.81. The minimum atomic E-state index is 0.397. The van der Waals surface area contributed by atoms with Crippen LogP contribution in [0.4, 0.5) is 0 Å². The van der Waals surface area contributed by atoms with Gasteiger partial charge in [-0.2, -0.15) is 0 Å². The van der Waals surface area contributed by atoms with Crippen molar-refractivity contribution in [3.8, 4) is 10.6 Å². The number of thioether (sulfide) groups is 1. The van der Waals surface area contributed by atoms with Crippen molar-refractivity contribution in [1.82, 2.24) is 19.7 Å². The van der Waals surface area contributed by atoms with Gasteiger partial charge in [-0.25, -0.2) is 4.98 Å². The zero-order valence-corrected chi connectivity index (χ0v) is 16.5. The van der Waals surface area contributed by atoms with Crippen molar-refractivity contribution < 1.29 is 0 Å². The van der Waals surface area contributed by atoms with E-state index < -0.39 is 0 Å². The quantitative estimate of drug-likeness (QED) is 0.498. The Balaban J connectivity index is 1.51. The molecule has 2 aromatic heterocycles. The Morgan fingerprint density at radius 1 is 1.28 bits per heavy atom. The van der Waals surface area contributed by atoms with Crippen LogP contribution in [-0.4, -0.2) is 19.7 Å². The second kappa shape index (κ2) is 7.09. The van der Waals surface area contributed by atoms with Crippen LogP contribution < -0.4 is 0 Å². The van der Waals surface area contributed by atoms with Crippen LogP contribution in [0.5, 0.6) is 0 Å². The van der Waals surface area contributed by atoms with Crippen LogP contribution in [-0.2, 0) is 5.75 Å². The van der Waals surface area contributed by atoms with Crippen molar-refractivity contribution in [3.63, 3.8) is 0 Å². The minimum Gasteiger partial charge on any atom is -0.303 e. The summed E-state index contributed by atoms with van der Waals surface area (Å²) in [6.07, 6.45) is 2.47. The lowest BCUT2D eigenvalue weighted by Crippen LogP contribution is -2.04. The molecule has 0 N–H and O–H groups in total. The summed E-state index contributed by atoms with van der Waals surface area (Å²) in [6.45, 7) is 4.35. The first-order valence-electron chi connectivity index (χ1n) is 8.40. The van der Waals surface area contributed by atoms with Crippen molar-refractivity contribution >= 4 is 34.7 Å². The maximum Gasteiger partial charge on any atom is 0.191 e. The van der Waals surface area contributed by atoms with E-state index in [0.717, 1.165) is 38.0 Å². The molecule has 130 valence electrons. The smallest absolute Gasteiger partial charge is 0.191 e. The molecule has 1 aromatic carbocycles. The summed E-state index contributed by atoms with van der Waals surface area (Å²) in [5, 5.41) is 13.7. The summed E-state index contributed by atoms with van der Waals surface area (Å²) in [4.78, 5) is 4.74. The van der Waals surface area contributed by atoms with Gasteiger partial charge in [-0.3, -0.25) is 0 Å². The van der Waals surface area contributed by atoms with E-state index in [1.54, 1.807) is 23.1 Å². The molecule has 4 nitrogen and oxygen atoms in total. The lowest BCUT2D eigenvalue weighted by molar-refractivity contribution is 0.599. The van der Waals surface area contributed by atoms with Crippen LogP contribution in [0.15, 0.2) is 34.8 Å². The van der Waals surface area contributed by atoms with Crippen molar-refractivity contribution in [2.45, 2.75) is 49.6 Å². The molecule has 1 aliphatic rings. The average molecular weight is 391 g/mol. The molecule has 0 aliphatic heterocycles. The zero-order valence-electron chi connectivity index (χ0n) is 14.1. The van der Waals surface area contributed by atoms with Crippen LogP contribution in [0.3, 0.4) is 0 Å². The fraction of sp³-hybridized carbons (Fsp3) is 0.389. The molecule has 1 saturated carbocycles. The molecule has 0 saturated heterocycles. The minimum absolute atomic E-state index is 0.397. The van der Waals surface area contributed by atoms with Gasteiger partial charge >= 0.3 is 0 Å². The Kier molecular flexibility index (Phi) is 4.84. The van der Waals surface area contributed by atoms with E-state index in [-0.39, 0.29) is 0 Å². The van der Waals surface area contributed by atoms with Crippen LogP contribution in [0, 0.1) is 0 Å². The van der Waals surface area contributed by atoms with Gasteiger partial charge in [0.25, 0.3) is 0 Å². The number of benzene rings is 1. The van der Waals surface area contributed by atoms with E-state index in [4.69, 9.17) is 16.6 Å².